The van der Waals surface area contributed by atoms with E-state index in [2.05, 4.69) is 11.7 Å². The fourth-order valence-corrected chi connectivity index (χ4v) is 1.24. The van der Waals surface area contributed by atoms with E-state index in [1.165, 1.54) is 0 Å². The Morgan fingerprint density at radius 1 is 1.69 bits per heavy atom. The molecule has 0 amide bonds. The molecule has 1 aromatic rings. The zero-order valence-corrected chi connectivity index (χ0v) is 8.29. The Bertz CT molecular complexity index is 350. The first-order chi connectivity index (χ1) is 6.00. The number of rotatable bonds is 3. The van der Waals surface area contributed by atoms with Crippen LogP contribution in [-0.4, -0.2) is 15.6 Å². The SMILES string of the molecule is C=C(C)CC(=O)c1cc(C)nn1C. The van der Waals surface area contributed by atoms with Crippen molar-refractivity contribution in [2.24, 2.45) is 7.05 Å². The quantitative estimate of drug-likeness (QED) is 0.523. The molecule has 0 bridgehead atoms. The molecule has 0 spiro atoms. The standard InChI is InChI=1S/C10H14N2O/c1-7(2)5-10(13)9-6-8(3)11-12(9)4/h6H,1,5H2,2-4H3. The van der Waals surface area contributed by atoms with Gasteiger partial charge in [0.25, 0.3) is 0 Å². The lowest BCUT2D eigenvalue weighted by atomic mass is 10.1. The van der Waals surface area contributed by atoms with Gasteiger partial charge in [-0.2, -0.15) is 5.10 Å². The van der Waals surface area contributed by atoms with Gasteiger partial charge < -0.3 is 0 Å². The maximum Gasteiger partial charge on any atom is 0.184 e. The lowest BCUT2D eigenvalue weighted by molar-refractivity contribution is 0.0984. The topological polar surface area (TPSA) is 34.9 Å². The minimum absolute atomic E-state index is 0.0793. The van der Waals surface area contributed by atoms with Crippen molar-refractivity contribution in [2.75, 3.05) is 0 Å². The van der Waals surface area contributed by atoms with Gasteiger partial charge in [0.15, 0.2) is 5.78 Å². The molecule has 70 valence electrons. The summed E-state index contributed by atoms with van der Waals surface area (Å²) in [7, 11) is 1.78. The van der Waals surface area contributed by atoms with Gasteiger partial charge in [0.05, 0.1) is 5.69 Å². The Morgan fingerprint density at radius 3 is 2.69 bits per heavy atom. The third-order valence-electron chi connectivity index (χ3n) is 1.75. The number of nitrogens with zero attached hydrogens (tertiary/aromatic N) is 2. The largest absolute Gasteiger partial charge is 0.292 e. The molecule has 1 aromatic heterocycles. The van der Waals surface area contributed by atoms with Crippen LogP contribution in [0.4, 0.5) is 0 Å². The molecule has 0 radical (unpaired) electrons. The summed E-state index contributed by atoms with van der Waals surface area (Å²) in [4.78, 5) is 11.6. The van der Waals surface area contributed by atoms with Crippen LogP contribution in [0.25, 0.3) is 0 Å². The highest BCUT2D eigenvalue weighted by molar-refractivity contribution is 5.96. The summed E-state index contributed by atoms with van der Waals surface area (Å²) in [6.45, 7) is 7.43. The Balaban J connectivity index is 2.88. The monoisotopic (exact) mass is 178 g/mol. The van der Waals surface area contributed by atoms with Crippen molar-refractivity contribution >= 4 is 5.78 Å². The van der Waals surface area contributed by atoms with E-state index in [1.54, 1.807) is 17.8 Å². The van der Waals surface area contributed by atoms with Gasteiger partial charge in [-0.25, -0.2) is 0 Å². The Kier molecular flexibility index (Phi) is 2.66. The van der Waals surface area contributed by atoms with Crippen LogP contribution in [0.15, 0.2) is 18.2 Å². The molecule has 0 unspecified atom stereocenters. The van der Waals surface area contributed by atoms with E-state index in [1.807, 2.05) is 13.8 Å². The molecule has 0 N–H and O–H groups in total. The van der Waals surface area contributed by atoms with Crippen LogP contribution < -0.4 is 0 Å². The van der Waals surface area contributed by atoms with Crippen LogP contribution in [0.1, 0.15) is 29.5 Å². The Hall–Kier alpha value is -1.38. The highest BCUT2D eigenvalue weighted by Crippen LogP contribution is 2.08. The minimum Gasteiger partial charge on any atom is -0.292 e. The van der Waals surface area contributed by atoms with Crippen molar-refractivity contribution in [1.82, 2.24) is 9.78 Å². The molecule has 3 nitrogen and oxygen atoms in total. The molecule has 1 heterocycles. The van der Waals surface area contributed by atoms with Crippen molar-refractivity contribution < 1.29 is 4.79 Å². The molecule has 0 saturated carbocycles. The van der Waals surface area contributed by atoms with Crippen molar-refractivity contribution in [2.45, 2.75) is 20.3 Å². The summed E-state index contributed by atoms with van der Waals surface area (Å²) in [5, 5.41) is 4.11. The Labute approximate surface area is 78.1 Å². The van der Waals surface area contributed by atoms with E-state index >= 15 is 0 Å². The van der Waals surface area contributed by atoms with Crippen LogP contribution >= 0.6 is 0 Å². The molecule has 0 aromatic carbocycles. The second-order valence-electron chi connectivity index (χ2n) is 3.35. The number of aryl methyl sites for hydroxylation is 2. The van der Waals surface area contributed by atoms with E-state index in [-0.39, 0.29) is 5.78 Å². The lowest BCUT2D eigenvalue weighted by Crippen LogP contribution is -2.06. The predicted octanol–water partition coefficient (Wildman–Crippen LogP) is 1.88. The van der Waals surface area contributed by atoms with Gasteiger partial charge in [-0.05, 0) is 19.9 Å². The van der Waals surface area contributed by atoms with Gasteiger partial charge in [-0.15, -0.1) is 0 Å². The molecule has 0 atom stereocenters. The van der Waals surface area contributed by atoms with Crippen LogP contribution in [0, 0.1) is 6.92 Å². The number of carbonyl (C=O) groups excluding carboxylic acids is 1. The minimum atomic E-state index is 0.0793. The molecule has 0 aliphatic rings. The van der Waals surface area contributed by atoms with E-state index < -0.39 is 0 Å². The molecule has 0 aliphatic carbocycles. The van der Waals surface area contributed by atoms with E-state index in [9.17, 15) is 4.79 Å². The summed E-state index contributed by atoms with van der Waals surface area (Å²) in [6.07, 6.45) is 0.402. The van der Waals surface area contributed by atoms with Crippen molar-refractivity contribution in [3.63, 3.8) is 0 Å². The lowest BCUT2D eigenvalue weighted by Gasteiger charge is -1.99. The van der Waals surface area contributed by atoms with Gasteiger partial charge in [-0.1, -0.05) is 12.2 Å². The van der Waals surface area contributed by atoms with Crippen LogP contribution in [0.3, 0.4) is 0 Å². The molecular weight excluding hydrogens is 164 g/mol. The second-order valence-corrected chi connectivity index (χ2v) is 3.35. The Morgan fingerprint density at radius 2 is 2.31 bits per heavy atom. The number of allylic oxidation sites excluding steroid dienone is 1. The highest BCUT2D eigenvalue weighted by Gasteiger charge is 2.11. The van der Waals surface area contributed by atoms with Gasteiger partial charge in [0.2, 0.25) is 0 Å². The van der Waals surface area contributed by atoms with E-state index in [4.69, 9.17) is 0 Å². The third-order valence-corrected chi connectivity index (χ3v) is 1.75. The molecule has 0 aliphatic heterocycles. The third kappa shape index (κ3) is 2.28. The number of hydrogen-bond donors (Lipinski definition) is 0. The van der Waals surface area contributed by atoms with Crippen LogP contribution in [0.2, 0.25) is 0 Å². The smallest absolute Gasteiger partial charge is 0.184 e. The predicted molar refractivity (Wildman–Crippen MR) is 51.7 cm³/mol. The van der Waals surface area contributed by atoms with Gasteiger partial charge in [0.1, 0.15) is 5.69 Å². The fraction of sp³-hybridized carbons (Fsp3) is 0.400. The molecule has 0 fully saturated rings. The van der Waals surface area contributed by atoms with E-state index in [0.717, 1.165) is 11.3 Å². The first kappa shape index (κ1) is 9.71. The second kappa shape index (κ2) is 3.56. The normalized spacial score (nSPS) is 10.1. The first-order valence-electron chi connectivity index (χ1n) is 4.19. The fourth-order valence-electron chi connectivity index (χ4n) is 1.24. The van der Waals surface area contributed by atoms with E-state index in [0.29, 0.717) is 12.1 Å². The number of hydrogen-bond acceptors (Lipinski definition) is 2. The zero-order valence-electron chi connectivity index (χ0n) is 8.29. The molecule has 0 saturated heterocycles. The number of carbonyl (C=O) groups is 1. The highest BCUT2D eigenvalue weighted by atomic mass is 16.1. The van der Waals surface area contributed by atoms with Crippen molar-refractivity contribution in [1.29, 1.82) is 0 Å². The molecular formula is C10H14N2O. The molecule has 3 heteroatoms. The maximum absolute atomic E-state index is 11.6. The first-order valence-corrected chi connectivity index (χ1v) is 4.19. The number of aromatic nitrogens is 2. The molecule has 13 heavy (non-hydrogen) atoms. The zero-order chi connectivity index (χ0) is 10.0. The number of ketones is 1. The maximum atomic E-state index is 11.6. The average Bonchev–Trinajstić information content (AvgIpc) is 2.28. The van der Waals surface area contributed by atoms with Gasteiger partial charge in [-0.3, -0.25) is 9.48 Å². The molecule has 1 rings (SSSR count). The van der Waals surface area contributed by atoms with Crippen molar-refractivity contribution in [3.8, 4) is 0 Å². The van der Waals surface area contributed by atoms with Gasteiger partial charge >= 0.3 is 0 Å². The summed E-state index contributed by atoms with van der Waals surface area (Å²) < 4.78 is 1.61. The summed E-state index contributed by atoms with van der Waals surface area (Å²) >= 11 is 0. The van der Waals surface area contributed by atoms with Gasteiger partial charge in [0, 0.05) is 13.5 Å². The van der Waals surface area contributed by atoms with Crippen LogP contribution in [0.5, 0.6) is 0 Å². The van der Waals surface area contributed by atoms with Crippen molar-refractivity contribution in [3.05, 3.63) is 29.6 Å². The van der Waals surface area contributed by atoms with Crippen LogP contribution in [-0.2, 0) is 7.05 Å². The summed E-state index contributed by atoms with van der Waals surface area (Å²) in [5.74, 6) is 0.0793. The summed E-state index contributed by atoms with van der Waals surface area (Å²) in [6, 6.07) is 1.80. The summed E-state index contributed by atoms with van der Waals surface area (Å²) in [5.41, 5.74) is 2.40. The number of Topliss-reactive ketones (excluding diaryl/α,β-unsaturated/α-hetero) is 1. The average molecular weight is 178 g/mol.